The van der Waals surface area contributed by atoms with Gasteiger partial charge in [0.05, 0.1) is 11.8 Å². The molecule has 0 bridgehead atoms. The standard InChI is InChI=1S/C21H23FN4OS/c1-14(2)19(15-9-11-17(22)12-10-15)23-18(27)13-28-21-25-24-20(26(21)3)16-7-5-4-6-8-16/h4-12,14,19H,13H2,1-3H3,(H,23,27). The molecule has 2 aromatic carbocycles. The minimum absolute atomic E-state index is 0.0997. The SMILES string of the molecule is CC(C)C(NC(=O)CSc1nnc(-c2ccccc2)n1C)c1ccc(F)cc1. The zero-order valence-electron chi connectivity index (χ0n) is 16.1. The number of rotatable bonds is 7. The Kier molecular flexibility index (Phi) is 6.46. The summed E-state index contributed by atoms with van der Waals surface area (Å²) in [6.45, 7) is 4.05. The van der Waals surface area contributed by atoms with Crippen LogP contribution in [0.15, 0.2) is 59.8 Å². The molecule has 1 heterocycles. The smallest absolute Gasteiger partial charge is 0.230 e. The molecule has 0 aliphatic heterocycles. The fraction of sp³-hybridized carbons (Fsp3) is 0.286. The van der Waals surface area contributed by atoms with Crippen LogP contribution in [0, 0.1) is 11.7 Å². The van der Waals surface area contributed by atoms with Crippen LogP contribution in [0.5, 0.6) is 0 Å². The number of hydrogen-bond acceptors (Lipinski definition) is 4. The van der Waals surface area contributed by atoms with Crippen molar-refractivity contribution >= 4 is 17.7 Å². The van der Waals surface area contributed by atoms with Gasteiger partial charge in [0.25, 0.3) is 0 Å². The van der Waals surface area contributed by atoms with Gasteiger partial charge in [-0.2, -0.15) is 0 Å². The highest BCUT2D eigenvalue weighted by molar-refractivity contribution is 7.99. The van der Waals surface area contributed by atoms with Gasteiger partial charge in [-0.1, -0.05) is 68.1 Å². The van der Waals surface area contributed by atoms with Crippen LogP contribution in [0.2, 0.25) is 0 Å². The molecule has 1 amide bonds. The highest BCUT2D eigenvalue weighted by Gasteiger charge is 2.19. The lowest BCUT2D eigenvalue weighted by Crippen LogP contribution is -2.33. The monoisotopic (exact) mass is 398 g/mol. The van der Waals surface area contributed by atoms with E-state index >= 15 is 0 Å². The number of carbonyl (C=O) groups excluding carboxylic acids is 1. The van der Waals surface area contributed by atoms with Crippen molar-refractivity contribution < 1.29 is 9.18 Å². The van der Waals surface area contributed by atoms with Crippen molar-refractivity contribution in [1.82, 2.24) is 20.1 Å². The maximum Gasteiger partial charge on any atom is 0.230 e. The predicted molar refractivity (Wildman–Crippen MR) is 109 cm³/mol. The Morgan fingerprint density at radius 2 is 1.79 bits per heavy atom. The molecular formula is C21H23FN4OS. The zero-order chi connectivity index (χ0) is 20.1. The molecule has 0 aliphatic carbocycles. The van der Waals surface area contributed by atoms with Crippen LogP contribution >= 0.6 is 11.8 Å². The van der Waals surface area contributed by atoms with E-state index in [4.69, 9.17) is 0 Å². The van der Waals surface area contributed by atoms with E-state index in [1.807, 2.05) is 55.8 Å². The lowest BCUT2D eigenvalue weighted by molar-refractivity contribution is -0.119. The largest absolute Gasteiger partial charge is 0.348 e. The highest BCUT2D eigenvalue weighted by atomic mass is 32.2. The summed E-state index contributed by atoms with van der Waals surface area (Å²) < 4.78 is 15.1. The van der Waals surface area contributed by atoms with Crippen molar-refractivity contribution in [3.8, 4) is 11.4 Å². The quantitative estimate of drug-likeness (QED) is 0.605. The molecule has 0 saturated carbocycles. The van der Waals surface area contributed by atoms with Crippen LogP contribution in [0.3, 0.4) is 0 Å². The van der Waals surface area contributed by atoms with Gasteiger partial charge in [0.15, 0.2) is 11.0 Å². The van der Waals surface area contributed by atoms with E-state index < -0.39 is 0 Å². The molecule has 146 valence electrons. The normalized spacial score (nSPS) is 12.2. The molecule has 1 unspecified atom stereocenters. The van der Waals surface area contributed by atoms with Gasteiger partial charge in [-0.25, -0.2) is 4.39 Å². The minimum Gasteiger partial charge on any atom is -0.348 e. The number of carbonyl (C=O) groups is 1. The molecule has 28 heavy (non-hydrogen) atoms. The Bertz CT molecular complexity index is 925. The molecule has 3 aromatic rings. The average Bonchev–Trinajstić information content (AvgIpc) is 3.06. The molecule has 0 spiro atoms. The third kappa shape index (κ3) is 4.78. The topological polar surface area (TPSA) is 59.8 Å². The highest BCUT2D eigenvalue weighted by Crippen LogP contribution is 2.24. The van der Waals surface area contributed by atoms with Gasteiger partial charge in [0.1, 0.15) is 5.82 Å². The number of halogens is 1. The first kappa shape index (κ1) is 20.1. The summed E-state index contributed by atoms with van der Waals surface area (Å²) in [6.07, 6.45) is 0. The number of amides is 1. The van der Waals surface area contributed by atoms with Gasteiger partial charge in [0, 0.05) is 12.6 Å². The Morgan fingerprint density at radius 3 is 2.43 bits per heavy atom. The second-order valence-electron chi connectivity index (χ2n) is 6.86. The van der Waals surface area contributed by atoms with E-state index in [-0.39, 0.29) is 29.4 Å². The number of nitrogens with zero attached hydrogens (tertiary/aromatic N) is 3. The summed E-state index contributed by atoms with van der Waals surface area (Å²) in [5.41, 5.74) is 1.87. The van der Waals surface area contributed by atoms with E-state index in [1.54, 1.807) is 12.1 Å². The van der Waals surface area contributed by atoms with E-state index in [0.717, 1.165) is 17.0 Å². The number of benzene rings is 2. The van der Waals surface area contributed by atoms with Crippen LogP contribution in [0.25, 0.3) is 11.4 Å². The Balaban J connectivity index is 1.64. The summed E-state index contributed by atoms with van der Waals surface area (Å²) in [7, 11) is 1.89. The predicted octanol–water partition coefficient (Wildman–Crippen LogP) is 4.23. The van der Waals surface area contributed by atoms with E-state index in [0.29, 0.717) is 5.16 Å². The molecule has 1 N–H and O–H groups in total. The number of aromatic nitrogens is 3. The molecule has 1 atom stereocenters. The molecule has 0 aliphatic rings. The van der Waals surface area contributed by atoms with Crippen molar-refractivity contribution in [2.45, 2.75) is 25.0 Å². The second kappa shape index (κ2) is 9.01. The minimum atomic E-state index is -0.287. The van der Waals surface area contributed by atoms with Crippen molar-refractivity contribution in [1.29, 1.82) is 0 Å². The molecule has 7 heteroatoms. The van der Waals surface area contributed by atoms with Gasteiger partial charge >= 0.3 is 0 Å². The number of thioether (sulfide) groups is 1. The van der Waals surface area contributed by atoms with Gasteiger partial charge in [-0.3, -0.25) is 4.79 Å². The Hall–Kier alpha value is -2.67. The molecular weight excluding hydrogens is 375 g/mol. The maximum atomic E-state index is 13.2. The number of hydrogen-bond donors (Lipinski definition) is 1. The molecule has 0 saturated heterocycles. The second-order valence-corrected chi connectivity index (χ2v) is 7.80. The van der Waals surface area contributed by atoms with Crippen molar-refractivity contribution in [2.75, 3.05) is 5.75 Å². The zero-order valence-corrected chi connectivity index (χ0v) is 16.9. The fourth-order valence-electron chi connectivity index (χ4n) is 2.93. The van der Waals surface area contributed by atoms with E-state index in [1.165, 1.54) is 23.9 Å². The molecule has 3 rings (SSSR count). The van der Waals surface area contributed by atoms with E-state index in [9.17, 15) is 9.18 Å². The van der Waals surface area contributed by atoms with Crippen LogP contribution in [0.1, 0.15) is 25.5 Å². The van der Waals surface area contributed by atoms with Gasteiger partial charge in [-0.15, -0.1) is 10.2 Å². The average molecular weight is 399 g/mol. The van der Waals surface area contributed by atoms with Crippen LogP contribution < -0.4 is 5.32 Å². The third-order valence-electron chi connectivity index (χ3n) is 4.41. The summed E-state index contributed by atoms with van der Waals surface area (Å²) in [4.78, 5) is 12.5. The molecule has 0 radical (unpaired) electrons. The molecule has 1 aromatic heterocycles. The van der Waals surface area contributed by atoms with Crippen LogP contribution in [0.4, 0.5) is 4.39 Å². The molecule has 5 nitrogen and oxygen atoms in total. The first-order chi connectivity index (χ1) is 13.5. The van der Waals surface area contributed by atoms with E-state index in [2.05, 4.69) is 15.5 Å². The van der Waals surface area contributed by atoms with Gasteiger partial charge in [0.2, 0.25) is 5.91 Å². The summed E-state index contributed by atoms with van der Waals surface area (Å²) >= 11 is 1.34. The van der Waals surface area contributed by atoms with Crippen LogP contribution in [-0.2, 0) is 11.8 Å². The first-order valence-corrected chi connectivity index (χ1v) is 10.1. The van der Waals surface area contributed by atoms with Gasteiger partial charge in [-0.05, 0) is 23.6 Å². The number of nitrogens with one attached hydrogen (secondary N) is 1. The maximum absolute atomic E-state index is 13.2. The summed E-state index contributed by atoms with van der Waals surface area (Å²) in [5.74, 6) is 0.779. The van der Waals surface area contributed by atoms with Crippen molar-refractivity contribution in [2.24, 2.45) is 13.0 Å². The first-order valence-electron chi connectivity index (χ1n) is 9.08. The lowest BCUT2D eigenvalue weighted by atomic mass is 9.96. The van der Waals surface area contributed by atoms with Crippen LogP contribution in [-0.4, -0.2) is 26.4 Å². The van der Waals surface area contributed by atoms with Crippen molar-refractivity contribution in [3.63, 3.8) is 0 Å². The summed E-state index contributed by atoms with van der Waals surface area (Å²) in [6, 6.07) is 15.9. The fourth-order valence-corrected chi connectivity index (χ4v) is 3.65. The summed E-state index contributed by atoms with van der Waals surface area (Å²) in [5, 5.41) is 12.2. The molecule has 0 fully saturated rings. The van der Waals surface area contributed by atoms with Crippen molar-refractivity contribution in [3.05, 3.63) is 66.0 Å². The Labute approximate surface area is 168 Å². The van der Waals surface area contributed by atoms with Gasteiger partial charge < -0.3 is 9.88 Å². The Morgan fingerprint density at radius 1 is 1.11 bits per heavy atom. The third-order valence-corrected chi connectivity index (χ3v) is 5.43. The lowest BCUT2D eigenvalue weighted by Gasteiger charge is -2.23.